The second-order valence-corrected chi connectivity index (χ2v) is 4.78. The molecule has 0 saturated carbocycles. The first-order valence-corrected chi connectivity index (χ1v) is 6.90. The summed E-state index contributed by atoms with van der Waals surface area (Å²) in [4.78, 5) is 8.48. The van der Waals surface area contributed by atoms with Crippen LogP contribution in [-0.2, 0) is 6.42 Å². The number of aromatic nitrogens is 4. The fourth-order valence-electron chi connectivity index (χ4n) is 2.14. The van der Waals surface area contributed by atoms with E-state index in [0.29, 0.717) is 5.78 Å². The van der Waals surface area contributed by atoms with Gasteiger partial charge < -0.3 is 0 Å². The summed E-state index contributed by atoms with van der Waals surface area (Å²) >= 11 is 0. The standard InChI is InChI=1S/C14H21N4/c1-3-4-5-6-7-8-9-13-10-18-14(15-11-16-18)17-12(13)2/h11H,3-9H2,1-2H3. The Kier molecular flexibility index (Phi) is 4.67. The Morgan fingerprint density at radius 2 is 1.94 bits per heavy atom. The van der Waals surface area contributed by atoms with E-state index in [1.165, 1.54) is 50.4 Å². The Morgan fingerprint density at radius 1 is 1.17 bits per heavy atom. The van der Waals surface area contributed by atoms with Gasteiger partial charge in [-0.15, -0.1) is 0 Å². The van der Waals surface area contributed by atoms with E-state index in [1.807, 2.05) is 6.92 Å². The van der Waals surface area contributed by atoms with E-state index in [-0.39, 0.29) is 0 Å². The Morgan fingerprint density at radius 3 is 2.78 bits per heavy atom. The maximum Gasteiger partial charge on any atom is 0.252 e. The first kappa shape index (κ1) is 13.0. The van der Waals surface area contributed by atoms with Gasteiger partial charge in [-0.1, -0.05) is 39.0 Å². The van der Waals surface area contributed by atoms with E-state index < -0.39 is 0 Å². The van der Waals surface area contributed by atoms with Crippen LogP contribution in [-0.4, -0.2) is 19.6 Å². The molecule has 0 atom stereocenters. The summed E-state index contributed by atoms with van der Waals surface area (Å²) in [5.41, 5.74) is 2.20. The predicted octanol–water partition coefficient (Wildman–Crippen LogP) is 3.14. The molecule has 2 aromatic heterocycles. The highest BCUT2D eigenvalue weighted by Gasteiger charge is 2.05. The van der Waals surface area contributed by atoms with Crippen molar-refractivity contribution >= 4 is 5.78 Å². The zero-order valence-electron chi connectivity index (χ0n) is 11.3. The molecule has 0 N–H and O–H groups in total. The summed E-state index contributed by atoms with van der Waals surface area (Å²) in [5, 5.41) is 4.08. The minimum Gasteiger partial charge on any atom is -0.216 e. The van der Waals surface area contributed by atoms with Gasteiger partial charge in [0.15, 0.2) is 0 Å². The van der Waals surface area contributed by atoms with Gasteiger partial charge in [-0.05, 0) is 19.8 Å². The summed E-state index contributed by atoms with van der Waals surface area (Å²) in [7, 11) is 0. The topological polar surface area (TPSA) is 43.1 Å². The summed E-state index contributed by atoms with van der Waals surface area (Å²) < 4.78 is 1.64. The summed E-state index contributed by atoms with van der Waals surface area (Å²) in [5.74, 6) is 0.638. The molecule has 2 heterocycles. The van der Waals surface area contributed by atoms with E-state index in [0.717, 1.165) is 12.1 Å². The maximum atomic E-state index is 4.42. The second kappa shape index (κ2) is 6.47. The molecule has 0 bridgehead atoms. The summed E-state index contributed by atoms with van der Waals surface area (Å²) in [6.07, 6.45) is 13.7. The first-order chi connectivity index (χ1) is 8.81. The lowest BCUT2D eigenvalue weighted by molar-refractivity contribution is 0.605. The Hall–Kier alpha value is -1.45. The molecule has 0 amide bonds. The van der Waals surface area contributed by atoms with E-state index in [9.17, 15) is 0 Å². The number of rotatable bonds is 7. The van der Waals surface area contributed by atoms with Gasteiger partial charge in [0.2, 0.25) is 0 Å². The van der Waals surface area contributed by atoms with E-state index in [2.05, 4.69) is 28.2 Å². The Balaban J connectivity index is 1.85. The van der Waals surface area contributed by atoms with Gasteiger partial charge in [0.1, 0.15) is 6.33 Å². The van der Waals surface area contributed by atoms with Crippen molar-refractivity contribution in [1.29, 1.82) is 0 Å². The molecule has 2 aromatic rings. The van der Waals surface area contributed by atoms with Crippen LogP contribution in [0.1, 0.15) is 56.7 Å². The molecule has 18 heavy (non-hydrogen) atoms. The third-order valence-electron chi connectivity index (χ3n) is 3.26. The molecular formula is C14H21N4. The van der Waals surface area contributed by atoms with E-state index in [4.69, 9.17) is 0 Å². The zero-order valence-corrected chi connectivity index (χ0v) is 11.3. The lowest BCUT2D eigenvalue weighted by atomic mass is 10.1. The maximum absolute atomic E-state index is 4.42. The zero-order chi connectivity index (χ0) is 12.8. The predicted molar refractivity (Wildman–Crippen MR) is 71.4 cm³/mol. The molecule has 4 nitrogen and oxygen atoms in total. The molecule has 0 aromatic carbocycles. The van der Waals surface area contributed by atoms with Gasteiger partial charge in [0, 0.05) is 11.3 Å². The average Bonchev–Trinajstić information content (AvgIpc) is 2.80. The van der Waals surface area contributed by atoms with Crippen molar-refractivity contribution < 1.29 is 0 Å². The van der Waals surface area contributed by atoms with Gasteiger partial charge in [0.25, 0.3) is 5.78 Å². The van der Waals surface area contributed by atoms with Crippen molar-refractivity contribution in [2.24, 2.45) is 0 Å². The SMILES string of the molecule is CCCCCCCCc1[c]n2ncnc2nc1C. The van der Waals surface area contributed by atoms with Crippen molar-refractivity contribution in [1.82, 2.24) is 19.6 Å². The largest absolute Gasteiger partial charge is 0.252 e. The fraction of sp³-hybridized carbons (Fsp3) is 0.643. The third kappa shape index (κ3) is 3.28. The molecule has 1 radical (unpaired) electrons. The normalized spacial score (nSPS) is 11.2. The molecule has 0 unspecified atom stereocenters. The van der Waals surface area contributed by atoms with Gasteiger partial charge in [-0.25, -0.2) is 4.98 Å². The van der Waals surface area contributed by atoms with Crippen LogP contribution < -0.4 is 0 Å². The third-order valence-corrected chi connectivity index (χ3v) is 3.26. The molecule has 0 aliphatic rings. The summed E-state index contributed by atoms with van der Waals surface area (Å²) in [6, 6.07) is 0. The van der Waals surface area contributed by atoms with E-state index in [1.54, 1.807) is 4.52 Å². The van der Waals surface area contributed by atoms with Crippen LogP contribution in [0.15, 0.2) is 6.33 Å². The number of unbranched alkanes of at least 4 members (excludes halogenated alkanes) is 5. The Labute approximate surface area is 108 Å². The van der Waals surface area contributed by atoms with Crippen LogP contribution >= 0.6 is 0 Å². The molecule has 2 rings (SSSR count). The van der Waals surface area contributed by atoms with Crippen LogP contribution in [0.25, 0.3) is 5.78 Å². The minimum atomic E-state index is 0.638. The number of aryl methyl sites for hydroxylation is 2. The van der Waals surface area contributed by atoms with Crippen LogP contribution in [0, 0.1) is 13.1 Å². The number of nitrogens with zero attached hydrogens (tertiary/aromatic N) is 4. The highest BCUT2D eigenvalue weighted by atomic mass is 15.3. The van der Waals surface area contributed by atoms with Crippen LogP contribution in [0.2, 0.25) is 0 Å². The van der Waals surface area contributed by atoms with Gasteiger partial charge in [0.05, 0.1) is 6.20 Å². The van der Waals surface area contributed by atoms with Crippen molar-refractivity contribution in [3.63, 3.8) is 0 Å². The summed E-state index contributed by atoms with van der Waals surface area (Å²) in [6.45, 7) is 4.27. The highest BCUT2D eigenvalue weighted by molar-refractivity contribution is 5.29. The van der Waals surface area contributed by atoms with Gasteiger partial charge in [-0.2, -0.15) is 14.6 Å². The molecule has 97 valence electrons. The average molecular weight is 245 g/mol. The molecule has 0 saturated heterocycles. The minimum absolute atomic E-state index is 0.638. The van der Waals surface area contributed by atoms with Crippen molar-refractivity contribution in [3.05, 3.63) is 23.8 Å². The lowest BCUT2D eigenvalue weighted by Crippen LogP contribution is -2.00. The molecule has 4 heteroatoms. The molecule has 0 spiro atoms. The smallest absolute Gasteiger partial charge is 0.216 e. The van der Waals surface area contributed by atoms with Crippen LogP contribution in [0.5, 0.6) is 0 Å². The quantitative estimate of drug-likeness (QED) is 0.704. The Bertz CT molecular complexity index is 489. The van der Waals surface area contributed by atoms with E-state index >= 15 is 0 Å². The fourth-order valence-corrected chi connectivity index (χ4v) is 2.14. The molecule has 0 aliphatic carbocycles. The van der Waals surface area contributed by atoms with Gasteiger partial charge in [-0.3, -0.25) is 0 Å². The second-order valence-electron chi connectivity index (χ2n) is 4.78. The lowest BCUT2D eigenvalue weighted by Gasteiger charge is -2.04. The number of hydrogen-bond donors (Lipinski definition) is 0. The van der Waals surface area contributed by atoms with Crippen molar-refractivity contribution in [2.75, 3.05) is 0 Å². The van der Waals surface area contributed by atoms with Crippen molar-refractivity contribution in [3.8, 4) is 0 Å². The van der Waals surface area contributed by atoms with Crippen LogP contribution in [0.3, 0.4) is 0 Å². The first-order valence-electron chi connectivity index (χ1n) is 6.90. The highest BCUT2D eigenvalue weighted by Crippen LogP contribution is 2.12. The van der Waals surface area contributed by atoms with Crippen LogP contribution in [0.4, 0.5) is 0 Å². The van der Waals surface area contributed by atoms with Crippen molar-refractivity contribution in [2.45, 2.75) is 58.8 Å². The molecule has 0 aliphatic heterocycles. The molecular weight excluding hydrogens is 224 g/mol. The monoisotopic (exact) mass is 245 g/mol. The molecule has 0 fully saturated rings. The van der Waals surface area contributed by atoms with Gasteiger partial charge >= 0.3 is 0 Å². The number of hydrogen-bond acceptors (Lipinski definition) is 3. The number of fused-ring (bicyclic) bond motifs is 1.